The summed E-state index contributed by atoms with van der Waals surface area (Å²) in [6, 6.07) is 1.51. The van der Waals surface area contributed by atoms with Crippen molar-refractivity contribution in [3.63, 3.8) is 0 Å². The first kappa shape index (κ1) is 13.1. The normalized spacial score (nSPS) is 17.0. The molecule has 100 valence electrons. The first-order chi connectivity index (χ1) is 8.63. The van der Waals surface area contributed by atoms with Crippen LogP contribution in [0.25, 0.3) is 0 Å². The van der Waals surface area contributed by atoms with Gasteiger partial charge in [0, 0.05) is 24.8 Å². The van der Waals surface area contributed by atoms with Gasteiger partial charge in [0.15, 0.2) is 5.75 Å². The Labute approximate surface area is 108 Å². The highest BCUT2D eigenvalue weighted by atomic mass is 16.3. The molecule has 0 radical (unpaired) electrons. The van der Waals surface area contributed by atoms with Crippen LogP contribution in [0.1, 0.15) is 37.6 Å². The Balaban J connectivity index is 2.32. The minimum Gasteiger partial charge on any atom is -0.503 e. The van der Waals surface area contributed by atoms with Crippen molar-refractivity contribution in [2.45, 2.75) is 46.2 Å². The SMILES string of the molecule is CCn1c(C)cc(=O)c(O)c1CN1CCCCC1. The Morgan fingerprint density at radius 1 is 1.28 bits per heavy atom. The minimum absolute atomic E-state index is 0.0759. The fraction of sp³-hybridized carbons (Fsp3) is 0.643. The van der Waals surface area contributed by atoms with Crippen molar-refractivity contribution in [1.82, 2.24) is 9.47 Å². The van der Waals surface area contributed by atoms with E-state index in [1.807, 2.05) is 18.4 Å². The summed E-state index contributed by atoms with van der Waals surface area (Å²) < 4.78 is 2.03. The molecule has 0 aliphatic carbocycles. The molecule has 0 unspecified atom stereocenters. The Hall–Kier alpha value is -1.29. The van der Waals surface area contributed by atoms with Crippen LogP contribution in [-0.2, 0) is 13.1 Å². The largest absolute Gasteiger partial charge is 0.503 e. The second kappa shape index (κ2) is 5.57. The van der Waals surface area contributed by atoms with E-state index in [-0.39, 0.29) is 11.2 Å². The lowest BCUT2D eigenvalue weighted by atomic mass is 10.1. The van der Waals surface area contributed by atoms with Crippen molar-refractivity contribution in [1.29, 1.82) is 0 Å². The van der Waals surface area contributed by atoms with E-state index in [1.165, 1.54) is 25.3 Å². The smallest absolute Gasteiger partial charge is 0.223 e. The summed E-state index contributed by atoms with van der Waals surface area (Å²) in [5.41, 5.74) is 1.43. The van der Waals surface area contributed by atoms with Gasteiger partial charge in [0.25, 0.3) is 0 Å². The monoisotopic (exact) mass is 250 g/mol. The average molecular weight is 250 g/mol. The predicted octanol–water partition coefficient (Wildman–Crippen LogP) is 1.87. The number of likely N-dealkylation sites (tertiary alicyclic amines) is 1. The zero-order valence-corrected chi connectivity index (χ0v) is 11.3. The maximum absolute atomic E-state index is 11.7. The van der Waals surface area contributed by atoms with Gasteiger partial charge in [-0.3, -0.25) is 9.69 Å². The predicted molar refractivity (Wildman–Crippen MR) is 71.9 cm³/mol. The van der Waals surface area contributed by atoms with Crippen molar-refractivity contribution in [3.8, 4) is 5.75 Å². The van der Waals surface area contributed by atoms with Gasteiger partial charge in [-0.1, -0.05) is 6.42 Å². The van der Waals surface area contributed by atoms with Crippen LogP contribution in [0.3, 0.4) is 0 Å². The molecule has 0 aromatic carbocycles. The van der Waals surface area contributed by atoms with Crippen LogP contribution < -0.4 is 5.43 Å². The molecular weight excluding hydrogens is 228 g/mol. The standard InChI is InChI=1S/C14H22N2O2/c1-3-16-11(2)9-13(17)14(18)12(16)10-15-7-5-4-6-8-15/h9,18H,3-8,10H2,1-2H3. The maximum Gasteiger partial charge on any atom is 0.223 e. The number of hydrogen-bond donors (Lipinski definition) is 1. The van der Waals surface area contributed by atoms with E-state index < -0.39 is 0 Å². The quantitative estimate of drug-likeness (QED) is 0.890. The van der Waals surface area contributed by atoms with E-state index in [0.29, 0.717) is 6.54 Å². The molecule has 2 heterocycles. The zero-order chi connectivity index (χ0) is 13.1. The van der Waals surface area contributed by atoms with Crippen molar-refractivity contribution in [2.75, 3.05) is 13.1 Å². The van der Waals surface area contributed by atoms with Gasteiger partial charge >= 0.3 is 0 Å². The van der Waals surface area contributed by atoms with Gasteiger partial charge in [-0.2, -0.15) is 0 Å². The Bertz CT molecular complexity index is 473. The summed E-state index contributed by atoms with van der Waals surface area (Å²) in [6.07, 6.45) is 3.71. The third-order valence-electron chi connectivity index (χ3n) is 3.74. The first-order valence-corrected chi connectivity index (χ1v) is 6.78. The molecule has 1 aliphatic rings. The molecule has 0 amide bonds. The van der Waals surface area contributed by atoms with Gasteiger partial charge in [-0.25, -0.2) is 0 Å². The molecule has 4 nitrogen and oxygen atoms in total. The molecule has 4 heteroatoms. The van der Waals surface area contributed by atoms with Gasteiger partial charge in [0.2, 0.25) is 5.43 Å². The van der Waals surface area contributed by atoms with Gasteiger partial charge in [-0.05, 0) is 39.8 Å². The zero-order valence-electron chi connectivity index (χ0n) is 11.3. The summed E-state index contributed by atoms with van der Waals surface area (Å²) >= 11 is 0. The second-order valence-electron chi connectivity index (χ2n) is 5.03. The number of piperidine rings is 1. The number of nitrogens with zero attached hydrogens (tertiary/aromatic N) is 2. The van der Waals surface area contributed by atoms with Gasteiger partial charge in [0.05, 0.1) is 5.69 Å². The van der Waals surface area contributed by atoms with Crippen LogP contribution >= 0.6 is 0 Å². The Kier molecular flexibility index (Phi) is 4.07. The molecule has 1 aliphatic heterocycles. The third-order valence-corrected chi connectivity index (χ3v) is 3.74. The fourth-order valence-corrected chi connectivity index (χ4v) is 2.75. The van der Waals surface area contributed by atoms with Crippen LogP contribution in [0.2, 0.25) is 0 Å². The van der Waals surface area contributed by atoms with Crippen LogP contribution in [0.15, 0.2) is 10.9 Å². The van der Waals surface area contributed by atoms with Crippen molar-refractivity contribution in [3.05, 3.63) is 27.7 Å². The molecule has 0 bridgehead atoms. The number of rotatable bonds is 3. The van der Waals surface area contributed by atoms with Crippen LogP contribution in [0, 0.1) is 6.92 Å². The van der Waals surface area contributed by atoms with Gasteiger partial charge in [0.1, 0.15) is 0 Å². The molecule has 0 atom stereocenters. The highest BCUT2D eigenvalue weighted by molar-refractivity contribution is 5.29. The van der Waals surface area contributed by atoms with E-state index in [1.54, 1.807) is 0 Å². The van der Waals surface area contributed by atoms with E-state index in [9.17, 15) is 9.90 Å². The lowest BCUT2D eigenvalue weighted by Crippen LogP contribution is -2.31. The summed E-state index contributed by atoms with van der Waals surface area (Å²) in [5, 5.41) is 10.0. The Morgan fingerprint density at radius 3 is 2.56 bits per heavy atom. The fourth-order valence-electron chi connectivity index (χ4n) is 2.75. The number of aromatic hydroxyl groups is 1. The van der Waals surface area contributed by atoms with Gasteiger partial charge < -0.3 is 9.67 Å². The maximum atomic E-state index is 11.7. The molecular formula is C14H22N2O2. The number of aromatic nitrogens is 1. The third kappa shape index (κ3) is 2.58. The van der Waals surface area contributed by atoms with E-state index in [0.717, 1.165) is 31.0 Å². The molecule has 1 fully saturated rings. The average Bonchev–Trinajstić information content (AvgIpc) is 2.37. The van der Waals surface area contributed by atoms with Crippen molar-refractivity contribution in [2.24, 2.45) is 0 Å². The minimum atomic E-state index is -0.260. The highest BCUT2D eigenvalue weighted by Crippen LogP contribution is 2.19. The molecule has 0 spiro atoms. The van der Waals surface area contributed by atoms with Crippen molar-refractivity contribution < 1.29 is 5.11 Å². The first-order valence-electron chi connectivity index (χ1n) is 6.78. The van der Waals surface area contributed by atoms with Crippen LogP contribution in [0.5, 0.6) is 5.75 Å². The topological polar surface area (TPSA) is 45.5 Å². The summed E-state index contributed by atoms with van der Waals surface area (Å²) in [5.74, 6) is -0.0759. The van der Waals surface area contributed by atoms with E-state index in [4.69, 9.17) is 0 Å². The van der Waals surface area contributed by atoms with Crippen molar-refractivity contribution >= 4 is 0 Å². The number of pyridine rings is 1. The van der Waals surface area contributed by atoms with E-state index in [2.05, 4.69) is 4.90 Å². The lowest BCUT2D eigenvalue weighted by molar-refractivity contribution is 0.212. The molecule has 2 rings (SSSR count). The summed E-state index contributed by atoms with van der Waals surface area (Å²) in [6.45, 7) is 7.54. The van der Waals surface area contributed by atoms with Crippen LogP contribution in [-0.4, -0.2) is 27.7 Å². The molecule has 1 aromatic rings. The second-order valence-corrected chi connectivity index (χ2v) is 5.03. The summed E-state index contributed by atoms with van der Waals surface area (Å²) in [7, 11) is 0. The van der Waals surface area contributed by atoms with Gasteiger partial charge in [-0.15, -0.1) is 0 Å². The van der Waals surface area contributed by atoms with Crippen LogP contribution in [0.4, 0.5) is 0 Å². The number of hydrogen-bond acceptors (Lipinski definition) is 3. The highest BCUT2D eigenvalue weighted by Gasteiger charge is 2.17. The lowest BCUT2D eigenvalue weighted by Gasteiger charge is -2.28. The molecule has 1 N–H and O–H groups in total. The Morgan fingerprint density at radius 2 is 1.94 bits per heavy atom. The molecule has 18 heavy (non-hydrogen) atoms. The molecule has 1 aromatic heterocycles. The van der Waals surface area contributed by atoms with E-state index >= 15 is 0 Å². The summed E-state index contributed by atoms with van der Waals surface area (Å²) in [4.78, 5) is 14.0. The molecule has 0 saturated carbocycles. The number of aryl methyl sites for hydroxylation is 1. The molecule has 1 saturated heterocycles.